The number of benzene rings is 1. The number of aromatic nitrogens is 2. The molecule has 0 bridgehead atoms. The first-order valence-corrected chi connectivity index (χ1v) is 10.0. The number of ether oxygens (including phenoxy) is 1. The number of halogens is 1. The molecule has 0 saturated heterocycles. The van der Waals surface area contributed by atoms with Crippen molar-refractivity contribution >= 4 is 33.2 Å². The lowest BCUT2D eigenvalue weighted by atomic mass is 10.00. The zero-order valence-corrected chi connectivity index (χ0v) is 15.3. The summed E-state index contributed by atoms with van der Waals surface area (Å²) in [6.45, 7) is 0.882. The maximum atomic E-state index is 12.7. The lowest BCUT2D eigenvalue weighted by Crippen LogP contribution is -2.34. The van der Waals surface area contributed by atoms with E-state index in [2.05, 4.69) is 15.0 Å². The summed E-state index contributed by atoms with van der Waals surface area (Å²) in [6.07, 6.45) is 5.36. The van der Waals surface area contributed by atoms with Crippen molar-refractivity contribution in [3.05, 3.63) is 35.4 Å². The summed E-state index contributed by atoms with van der Waals surface area (Å²) in [6, 6.07) is 2.73. The normalized spacial score (nSPS) is 19.3. The Morgan fingerprint density at radius 2 is 2.27 bits per heavy atom. The first-order chi connectivity index (χ1) is 12.4. The highest BCUT2D eigenvalue weighted by Gasteiger charge is 2.26. The van der Waals surface area contributed by atoms with E-state index in [-0.39, 0.29) is 34.1 Å². The maximum absolute atomic E-state index is 12.7. The summed E-state index contributed by atoms with van der Waals surface area (Å²) < 4.78 is 35.3. The van der Waals surface area contributed by atoms with E-state index in [1.165, 1.54) is 12.1 Å². The molecule has 2 aliphatic rings. The summed E-state index contributed by atoms with van der Waals surface area (Å²) in [5, 5.41) is 2.63. The average Bonchev–Trinajstić information content (AvgIpc) is 3.07. The molecule has 4 rings (SSSR count). The number of fused-ring (bicyclic) bond motifs is 2. The van der Waals surface area contributed by atoms with Crippen molar-refractivity contribution in [2.24, 2.45) is 5.92 Å². The van der Waals surface area contributed by atoms with Crippen LogP contribution in [-0.4, -0.2) is 37.0 Å². The molecule has 0 spiro atoms. The number of hydrogen-bond donors (Lipinski definition) is 2. The Hall–Kier alpha value is -2.10. The molecule has 2 aromatic rings. The molecule has 0 fully saturated rings. The van der Waals surface area contributed by atoms with Gasteiger partial charge in [0.2, 0.25) is 10.0 Å². The SMILES string of the molecule is O=C1COc2cc(S(=O)(=O)NCC3CCc4nccn4C3)c(Cl)cc2N1. The number of nitrogens with one attached hydrogen (secondary N) is 2. The van der Waals surface area contributed by atoms with Crippen molar-refractivity contribution in [2.75, 3.05) is 18.5 Å². The molecular formula is C16H17ClN4O4S. The van der Waals surface area contributed by atoms with Gasteiger partial charge >= 0.3 is 0 Å². The Morgan fingerprint density at radius 1 is 1.42 bits per heavy atom. The quantitative estimate of drug-likeness (QED) is 0.813. The van der Waals surface area contributed by atoms with Gasteiger partial charge in [0.25, 0.3) is 5.91 Å². The van der Waals surface area contributed by atoms with Gasteiger partial charge in [-0.15, -0.1) is 0 Å². The molecule has 1 atom stereocenters. The van der Waals surface area contributed by atoms with Crippen LogP contribution in [0, 0.1) is 5.92 Å². The minimum Gasteiger partial charge on any atom is -0.482 e. The lowest BCUT2D eigenvalue weighted by molar-refractivity contribution is -0.118. The number of anilines is 1. The first kappa shape index (κ1) is 17.3. The number of imidazole rings is 1. The Balaban J connectivity index is 1.49. The number of carbonyl (C=O) groups is 1. The lowest BCUT2D eigenvalue weighted by Gasteiger charge is -2.24. The van der Waals surface area contributed by atoms with Crippen molar-refractivity contribution in [3.63, 3.8) is 0 Å². The van der Waals surface area contributed by atoms with Crippen molar-refractivity contribution in [2.45, 2.75) is 24.3 Å². The molecule has 1 aromatic heterocycles. The zero-order valence-electron chi connectivity index (χ0n) is 13.7. The fraction of sp³-hybridized carbons (Fsp3) is 0.375. The molecule has 1 unspecified atom stereocenters. The van der Waals surface area contributed by atoms with E-state index < -0.39 is 10.0 Å². The first-order valence-electron chi connectivity index (χ1n) is 8.18. The van der Waals surface area contributed by atoms with E-state index in [9.17, 15) is 13.2 Å². The molecule has 0 saturated carbocycles. The van der Waals surface area contributed by atoms with Crippen molar-refractivity contribution in [1.29, 1.82) is 0 Å². The Bertz CT molecular complexity index is 973. The monoisotopic (exact) mass is 396 g/mol. The fourth-order valence-electron chi connectivity index (χ4n) is 3.20. The van der Waals surface area contributed by atoms with Crippen LogP contribution >= 0.6 is 11.6 Å². The van der Waals surface area contributed by atoms with Crippen LogP contribution in [0.15, 0.2) is 29.4 Å². The Morgan fingerprint density at radius 3 is 3.12 bits per heavy atom. The molecule has 10 heteroatoms. The van der Waals surface area contributed by atoms with Gasteiger partial charge in [-0.05, 0) is 18.4 Å². The summed E-state index contributed by atoms with van der Waals surface area (Å²) >= 11 is 6.13. The second-order valence-electron chi connectivity index (χ2n) is 6.37. The molecule has 1 aromatic carbocycles. The zero-order chi connectivity index (χ0) is 18.3. The second kappa shape index (κ2) is 6.57. The summed E-state index contributed by atoms with van der Waals surface area (Å²) in [5.74, 6) is 1.19. The summed E-state index contributed by atoms with van der Waals surface area (Å²) in [5.41, 5.74) is 0.366. The van der Waals surface area contributed by atoms with Gasteiger partial charge in [-0.25, -0.2) is 18.1 Å². The number of nitrogens with zero attached hydrogens (tertiary/aromatic N) is 2. The molecule has 0 radical (unpaired) electrons. The third-order valence-corrected chi connectivity index (χ3v) is 6.44. The van der Waals surface area contributed by atoms with Gasteiger partial charge < -0.3 is 14.6 Å². The van der Waals surface area contributed by atoms with Gasteiger partial charge in [0.05, 0.1) is 10.7 Å². The minimum atomic E-state index is -3.80. The van der Waals surface area contributed by atoms with Gasteiger partial charge in [0.1, 0.15) is 16.5 Å². The molecule has 3 heterocycles. The average molecular weight is 397 g/mol. The number of rotatable bonds is 4. The number of amides is 1. The molecule has 1 amide bonds. The van der Waals surface area contributed by atoms with E-state index in [1.54, 1.807) is 6.20 Å². The molecule has 0 aliphatic carbocycles. The number of aryl methyl sites for hydroxylation is 1. The van der Waals surface area contributed by atoms with Crippen LogP contribution in [0.4, 0.5) is 5.69 Å². The van der Waals surface area contributed by atoms with E-state index in [4.69, 9.17) is 16.3 Å². The van der Waals surface area contributed by atoms with E-state index in [1.807, 2.05) is 10.8 Å². The van der Waals surface area contributed by atoms with Gasteiger partial charge in [-0.1, -0.05) is 11.6 Å². The maximum Gasteiger partial charge on any atom is 0.262 e. The minimum absolute atomic E-state index is 0.0302. The largest absolute Gasteiger partial charge is 0.482 e. The van der Waals surface area contributed by atoms with Crippen LogP contribution in [0.25, 0.3) is 0 Å². The Kier molecular flexibility index (Phi) is 4.37. The number of carbonyl (C=O) groups excluding carboxylic acids is 1. The smallest absolute Gasteiger partial charge is 0.262 e. The van der Waals surface area contributed by atoms with Gasteiger partial charge in [-0.2, -0.15) is 0 Å². The predicted octanol–water partition coefficient (Wildman–Crippen LogP) is 1.41. The van der Waals surface area contributed by atoms with E-state index in [0.717, 1.165) is 25.2 Å². The highest BCUT2D eigenvalue weighted by molar-refractivity contribution is 7.89. The van der Waals surface area contributed by atoms with Gasteiger partial charge in [0, 0.05) is 38.0 Å². The van der Waals surface area contributed by atoms with Gasteiger partial charge in [-0.3, -0.25) is 4.79 Å². The van der Waals surface area contributed by atoms with Gasteiger partial charge in [0.15, 0.2) is 6.61 Å². The van der Waals surface area contributed by atoms with Crippen LogP contribution in [0.3, 0.4) is 0 Å². The van der Waals surface area contributed by atoms with Crippen LogP contribution in [-0.2, 0) is 27.8 Å². The van der Waals surface area contributed by atoms with Crippen molar-refractivity contribution in [3.8, 4) is 5.75 Å². The molecular weight excluding hydrogens is 380 g/mol. The van der Waals surface area contributed by atoms with Crippen LogP contribution < -0.4 is 14.8 Å². The van der Waals surface area contributed by atoms with Crippen molar-refractivity contribution in [1.82, 2.24) is 14.3 Å². The Labute approximate surface area is 155 Å². The summed E-state index contributed by atoms with van der Waals surface area (Å²) in [4.78, 5) is 15.6. The predicted molar refractivity (Wildman–Crippen MR) is 94.8 cm³/mol. The molecule has 2 N–H and O–H groups in total. The topological polar surface area (TPSA) is 102 Å². The summed E-state index contributed by atoms with van der Waals surface area (Å²) in [7, 11) is -3.80. The molecule has 26 heavy (non-hydrogen) atoms. The molecule has 138 valence electrons. The second-order valence-corrected chi connectivity index (χ2v) is 8.51. The fourth-order valence-corrected chi connectivity index (χ4v) is 4.85. The highest BCUT2D eigenvalue weighted by atomic mass is 35.5. The van der Waals surface area contributed by atoms with Crippen LogP contribution in [0.5, 0.6) is 5.75 Å². The van der Waals surface area contributed by atoms with Crippen molar-refractivity contribution < 1.29 is 17.9 Å². The molecule has 2 aliphatic heterocycles. The third-order valence-electron chi connectivity index (χ3n) is 4.55. The number of hydrogen-bond acceptors (Lipinski definition) is 5. The standard InChI is InChI=1S/C16H17ClN4O4S/c17-11-5-12-13(25-9-16(22)20-12)6-14(11)26(23,24)19-7-10-1-2-15-18-3-4-21(15)8-10/h3-6,10,19H,1-2,7-9H2,(H,20,22). The highest BCUT2D eigenvalue weighted by Crippen LogP contribution is 2.35. The van der Waals surface area contributed by atoms with Crippen LogP contribution in [0.2, 0.25) is 5.02 Å². The van der Waals surface area contributed by atoms with Crippen LogP contribution in [0.1, 0.15) is 12.2 Å². The number of sulfonamides is 1. The third kappa shape index (κ3) is 3.29. The molecule has 8 nitrogen and oxygen atoms in total. The van der Waals surface area contributed by atoms with E-state index >= 15 is 0 Å². The van der Waals surface area contributed by atoms with E-state index in [0.29, 0.717) is 12.2 Å².